The summed E-state index contributed by atoms with van der Waals surface area (Å²) in [6.07, 6.45) is 0. The molecule has 1 atom stereocenters. The van der Waals surface area contributed by atoms with Crippen LogP contribution in [0.5, 0.6) is 5.75 Å². The molecule has 7 nitrogen and oxygen atoms in total. The molecule has 8 heteroatoms. The molecule has 1 fully saturated rings. The van der Waals surface area contributed by atoms with Crippen LogP contribution in [-0.2, 0) is 14.3 Å². The first-order chi connectivity index (χ1) is 16.9. The van der Waals surface area contributed by atoms with E-state index in [0.717, 1.165) is 0 Å². The van der Waals surface area contributed by atoms with Gasteiger partial charge in [0.15, 0.2) is 0 Å². The lowest BCUT2D eigenvalue weighted by Gasteiger charge is -2.26. The summed E-state index contributed by atoms with van der Waals surface area (Å²) in [5.41, 5.74) is 1.39. The molecular formula is C27H22ClNO6. The van der Waals surface area contributed by atoms with E-state index < -0.39 is 23.7 Å². The predicted octanol–water partition coefficient (Wildman–Crippen LogP) is 5.15. The molecule has 35 heavy (non-hydrogen) atoms. The van der Waals surface area contributed by atoms with Crippen molar-refractivity contribution in [3.05, 3.63) is 100 Å². The van der Waals surface area contributed by atoms with Crippen LogP contribution in [0.15, 0.2) is 78.4 Å². The summed E-state index contributed by atoms with van der Waals surface area (Å²) in [5, 5.41) is 11.5. The number of benzene rings is 3. The SMILES string of the molecule is CCOC(=O)c1ccc(N2C(=O)C(=O)C(=C(O)c3ccc(OC)cc3)C2c2ccccc2Cl)cc1. The number of Topliss-reactive ketones (excluding diaryl/α,β-unsaturated/α-hetero) is 1. The normalized spacial score (nSPS) is 16.9. The van der Waals surface area contributed by atoms with Crippen molar-refractivity contribution in [3.8, 4) is 5.75 Å². The van der Waals surface area contributed by atoms with Gasteiger partial charge >= 0.3 is 5.97 Å². The summed E-state index contributed by atoms with van der Waals surface area (Å²) >= 11 is 6.48. The number of nitrogens with zero attached hydrogens (tertiary/aromatic N) is 1. The zero-order valence-corrected chi connectivity index (χ0v) is 19.8. The van der Waals surface area contributed by atoms with Crippen LogP contribution in [-0.4, -0.2) is 36.5 Å². The average molecular weight is 492 g/mol. The van der Waals surface area contributed by atoms with E-state index in [-0.39, 0.29) is 17.9 Å². The van der Waals surface area contributed by atoms with Crippen molar-refractivity contribution >= 4 is 40.7 Å². The van der Waals surface area contributed by atoms with Crippen molar-refractivity contribution in [1.29, 1.82) is 0 Å². The van der Waals surface area contributed by atoms with Crippen LogP contribution >= 0.6 is 11.6 Å². The number of carbonyl (C=O) groups excluding carboxylic acids is 3. The van der Waals surface area contributed by atoms with Gasteiger partial charge in [0.1, 0.15) is 11.5 Å². The Balaban J connectivity index is 1.86. The number of anilines is 1. The molecule has 1 unspecified atom stereocenters. The van der Waals surface area contributed by atoms with E-state index in [9.17, 15) is 19.5 Å². The lowest BCUT2D eigenvalue weighted by Crippen LogP contribution is -2.29. The number of ketones is 1. The molecule has 3 aromatic carbocycles. The monoisotopic (exact) mass is 491 g/mol. The standard InChI is InChI=1S/C27H22ClNO6/c1-3-35-27(33)17-8-12-18(13-9-17)29-23(20-6-4-5-7-21(20)28)22(25(31)26(29)32)24(30)16-10-14-19(34-2)15-11-16/h4-15,23,30H,3H2,1-2H3. The zero-order chi connectivity index (χ0) is 25.1. The Morgan fingerprint density at radius 3 is 2.20 bits per heavy atom. The fourth-order valence-electron chi connectivity index (χ4n) is 3.97. The third kappa shape index (κ3) is 4.50. The average Bonchev–Trinajstić information content (AvgIpc) is 3.14. The van der Waals surface area contributed by atoms with Gasteiger partial charge < -0.3 is 14.6 Å². The van der Waals surface area contributed by atoms with E-state index in [0.29, 0.717) is 33.1 Å². The third-order valence-corrected chi connectivity index (χ3v) is 6.01. The van der Waals surface area contributed by atoms with Gasteiger partial charge in [-0.2, -0.15) is 0 Å². The third-order valence-electron chi connectivity index (χ3n) is 5.66. The highest BCUT2D eigenvalue weighted by atomic mass is 35.5. The first-order valence-corrected chi connectivity index (χ1v) is 11.2. The highest BCUT2D eigenvalue weighted by Crippen LogP contribution is 2.44. The molecule has 0 radical (unpaired) electrons. The number of esters is 1. The summed E-state index contributed by atoms with van der Waals surface area (Å²) in [6.45, 7) is 1.94. The Morgan fingerprint density at radius 1 is 0.971 bits per heavy atom. The van der Waals surface area contributed by atoms with Gasteiger partial charge in [-0.25, -0.2) is 4.79 Å². The van der Waals surface area contributed by atoms with E-state index in [1.807, 2.05) is 0 Å². The molecule has 0 aliphatic carbocycles. The second kappa shape index (κ2) is 10.0. The van der Waals surface area contributed by atoms with E-state index in [1.165, 1.54) is 24.1 Å². The number of methoxy groups -OCH3 is 1. The van der Waals surface area contributed by atoms with E-state index in [2.05, 4.69) is 0 Å². The molecule has 1 aliphatic heterocycles. The van der Waals surface area contributed by atoms with Crippen LogP contribution in [0.1, 0.15) is 34.5 Å². The Morgan fingerprint density at radius 2 is 1.60 bits per heavy atom. The summed E-state index contributed by atoms with van der Waals surface area (Å²) in [4.78, 5) is 39.8. The van der Waals surface area contributed by atoms with Crippen molar-refractivity contribution in [2.75, 3.05) is 18.6 Å². The van der Waals surface area contributed by atoms with Gasteiger partial charge in [0, 0.05) is 16.3 Å². The maximum absolute atomic E-state index is 13.2. The molecule has 0 spiro atoms. The number of halogens is 1. The van der Waals surface area contributed by atoms with Crippen molar-refractivity contribution in [2.24, 2.45) is 0 Å². The smallest absolute Gasteiger partial charge is 0.338 e. The topological polar surface area (TPSA) is 93.1 Å². The number of aliphatic hydroxyl groups is 1. The molecule has 1 amide bonds. The molecule has 178 valence electrons. The number of hydrogen-bond acceptors (Lipinski definition) is 6. The van der Waals surface area contributed by atoms with Gasteiger partial charge in [-0.15, -0.1) is 0 Å². The fraction of sp³-hybridized carbons (Fsp3) is 0.148. The van der Waals surface area contributed by atoms with Crippen molar-refractivity contribution in [2.45, 2.75) is 13.0 Å². The fourth-order valence-corrected chi connectivity index (χ4v) is 4.21. The maximum Gasteiger partial charge on any atom is 0.338 e. The van der Waals surface area contributed by atoms with Crippen molar-refractivity contribution in [3.63, 3.8) is 0 Å². The molecule has 3 aromatic rings. The van der Waals surface area contributed by atoms with Crippen LogP contribution in [0.3, 0.4) is 0 Å². The van der Waals surface area contributed by atoms with Crippen LogP contribution in [0, 0.1) is 0 Å². The molecular weight excluding hydrogens is 470 g/mol. The van der Waals surface area contributed by atoms with Gasteiger partial charge in [-0.05, 0) is 67.1 Å². The number of aliphatic hydroxyl groups excluding tert-OH is 1. The van der Waals surface area contributed by atoms with Crippen LogP contribution in [0.4, 0.5) is 5.69 Å². The number of amides is 1. The first-order valence-electron chi connectivity index (χ1n) is 10.8. The van der Waals surface area contributed by atoms with E-state index >= 15 is 0 Å². The molecule has 0 aromatic heterocycles. The van der Waals surface area contributed by atoms with Gasteiger partial charge in [-0.3, -0.25) is 14.5 Å². The molecule has 0 saturated carbocycles. The molecule has 4 rings (SSSR count). The second-order valence-corrected chi connectivity index (χ2v) is 8.09. The number of ether oxygens (including phenoxy) is 2. The van der Waals surface area contributed by atoms with Crippen molar-refractivity contribution < 1.29 is 29.0 Å². The first kappa shape index (κ1) is 24.0. The largest absolute Gasteiger partial charge is 0.507 e. The second-order valence-electron chi connectivity index (χ2n) is 7.69. The van der Waals surface area contributed by atoms with E-state index in [1.54, 1.807) is 67.6 Å². The Labute approximate surface area is 207 Å². The summed E-state index contributed by atoms with van der Waals surface area (Å²) in [5.74, 6) is -1.93. The van der Waals surface area contributed by atoms with Gasteiger partial charge in [0.25, 0.3) is 11.7 Å². The molecule has 1 saturated heterocycles. The minimum absolute atomic E-state index is 0.0947. The highest BCUT2D eigenvalue weighted by molar-refractivity contribution is 6.52. The Bertz CT molecular complexity index is 1310. The predicted molar refractivity (Wildman–Crippen MR) is 132 cm³/mol. The van der Waals surface area contributed by atoms with Crippen LogP contribution in [0.2, 0.25) is 5.02 Å². The van der Waals surface area contributed by atoms with Crippen LogP contribution < -0.4 is 9.64 Å². The van der Waals surface area contributed by atoms with Gasteiger partial charge in [0.05, 0.1) is 30.9 Å². The summed E-state index contributed by atoms with van der Waals surface area (Å²) in [7, 11) is 1.52. The van der Waals surface area contributed by atoms with Gasteiger partial charge in [0.2, 0.25) is 0 Å². The van der Waals surface area contributed by atoms with Gasteiger partial charge in [-0.1, -0.05) is 29.8 Å². The van der Waals surface area contributed by atoms with Crippen LogP contribution in [0.25, 0.3) is 5.76 Å². The molecule has 1 heterocycles. The number of hydrogen-bond donors (Lipinski definition) is 1. The zero-order valence-electron chi connectivity index (χ0n) is 19.0. The minimum Gasteiger partial charge on any atom is -0.507 e. The highest BCUT2D eigenvalue weighted by Gasteiger charge is 2.47. The lowest BCUT2D eigenvalue weighted by molar-refractivity contribution is -0.132. The Hall–Kier alpha value is -4.10. The number of carbonyl (C=O) groups is 3. The lowest BCUT2D eigenvalue weighted by atomic mass is 9.95. The molecule has 1 aliphatic rings. The minimum atomic E-state index is -0.987. The van der Waals surface area contributed by atoms with E-state index in [4.69, 9.17) is 21.1 Å². The molecule has 0 bridgehead atoms. The molecule has 1 N–H and O–H groups in total. The van der Waals surface area contributed by atoms with Crippen molar-refractivity contribution in [1.82, 2.24) is 0 Å². The number of rotatable bonds is 6. The quantitative estimate of drug-likeness (QED) is 0.222. The summed E-state index contributed by atoms with van der Waals surface area (Å²) < 4.78 is 10.2. The maximum atomic E-state index is 13.2. The Kier molecular flexibility index (Phi) is 6.89. The summed E-state index contributed by atoms with van der Waals surface area (Å²) in [6, 6.07) is 18.4.